The van der Waals surface area contributed by atoms with E-state index in [4.69, 9.17) is 5.84 Å². The molecule has 6 nitrogen and oxygen atoms in total. The van der Waals surface area contributed by atoms with E-state index in [0.29, 0.717) is 6.54 Å². The molecule has 94 valence electrons. The number of hydrogen-bond donors (Lipinski definition) is 3. The van der Waals surface area contributed by atoms with Crippen molar-refractivity contribution in [2.75, 3.05) is 10.7 Å². The van der Waals surface area contributed by atoms with Gasteiger partial charge in [0.05, 0.1) is 6.20 Å². The molecule has 2 aromatic heterocycles. The molecule has 2 heterocycles. The summed E-state index contributed by atoms with van der Waals surface area (Å²) in [6.45, 7) is 2.33. The van der Waals surface area contributed by atoms with Crippen LogP contribution >= 0.6 is 0 Å². The molecule has 0 saturated heterocycles. The van der Waals surface area contributed by atoms with Gasteiger partial charge in [0.25, 0.3) is 0 Å². The summed E-state index contributed by atoms with van der Waals surface area (Å²) in [5.74, 6) is 4.87. The number of anilines is 2. The van der Waals surface area contributed by atoms with Crippen LogP contribution in [0.1, 0.15) is 11.3 Å². The van der Waals surface area contributed by atoms with Gasteiger partial charge in [-0.2, -0.15) is 4.98 Å². The number of nitrogens with one attached hydrogen (secondary N) is 2. The first-order valence-electron chi connectivity index (χ1n) is 5.33. The third kappa shape index (κ3) is 2.89. The number of rotatable bonds is 4. The van der Waals surface area contributed by atoms with E-state index >= 15 is 0 Å². The van der Waals surface area contributed by atoms with Gasteiger partial charge in [-0.15, -0.1) is 0 Å². The standard InChI is InChI=1S/C11H13FN6/c1-7-2-3-8(4-14-7)5-15-10-9(12)6-16-11(17-10)18-13/h2-4,6H,5,13H2,1H3,(H2,15,16,17,18). The van der Waals surface area contributed by atoms with Gasteiger partial charge >= 0.3 is 0 Å². The topological polar surface area (TPSA) is 88.8 Å². The van der Waals surface area contributed by atoms with Crippen LogP contribution in [0.2, 0.25) is 0 Å². The Morgan fingerprint density at radius 3 is 2.78 bits per heavy atom. The van der Waals surface area contributed by atoms with Crippen molar-refractivity contribution in [3.8, 4) is 0 Å². The van der Waals surface area contributed by atoms with Crippen molar-refractivity contribution in [1.82, 2.24) is 15.0 Å². The van der Waals surface area contributed by atoms with E-state index in [1.54, 1.807) is 6.20 Å². The van der Waals surface area contributed by atoms with E-state index in [9.17, 15) is 4.39 Å². The number of hydrogen-bond acceptors (Lipinski definition) is 6. The summed E-state index contributed by atoms with van der Waals surface area (Å²) in [7, 11) is 0. The van der Waals surface area contributed by atoms with E-state index < -0.39 is 5.82 Å². The fraction of sp³-hybridized carbons (Fsp3) is 0.182. The number of pyridine rings is 1. The average molecular weight is 248 g/mol. The highest BCUT2D eigenvalue weighted by molar-refractivity contribution is 5.41. The molecule has 0 fully saturated rings. The van der Waals surface area contributed by atoms with Gasteiger partial charge in [0.1, 0.15) is 0 Å². The molecule has 0 atom stereocenters. The molecule has 0 saturated carbocycles. The summed E-state index contributed by atoms with van der Waals surface area (Å²) in [6.07, 6.45) is 2.78. The monoisotopic (exact) mass is 248 g/mol. The Morgan fingerprint density at radius 2 is 2.11 bits per heavy atom. The second-order valence-electron chi connectivity index (χ2n) is 3.70. The van der Waals surface area contributed by atoms with Gasteiger partial charge in [-0.25, -0.2) is 15.2 Å². The van der Waals surface area contributed by atoms with Crippen molar-refractivity contribution in [2.45, 2.75) is 13.5 Å². The van der Waals surface area contributed by atoms with Crippen molar-refractivity contribution < 1.29 is 4.39 Å². The Labute approximate surface area is 103 Å². The number of nitrogen functional groups attached to an aromatic ring is 1. The number of nitrogens with zero attached hydrogens (tertiary/aromatic N) is 3. The minimum atomic E-state index is -0.533. The second kappa shape index (κ2) is 5.37. The second-order valence-corrected chi connectivity index (χ2v) is 3.70. The minimum Gasteiger partial charge on any atom is -0.363 e. The van der Waals surface area contributed by atoms with Crippen molar-refractivity contribution in [3.63, 3.8) is 0 Å². The number of aryl methyl sites for hydroxylation is 1. The molecule has 0 aromatic carbocycles. The van der Waals surface area contributed by atoms with Crippen molar-refractivity contribution in [1.29, 1.82) is 0 Å². The normalized spacial score (nSPS) is 10.2. The summed E-state index contributed by atoms with van der Waals surface area (Å²) < 4.78 is 13.4. The minimum absolute atomic E-state index is 0.0959. The maximum atomic E-state index is 13.4. The number of aromatic nitrogens is 3. The fourth-order valence-electron chi connectivity index (χ4n) is 1.35. The largest absolute Gasteiger partial charge is 0.363 e. The Balaban J connectivity index is 2.07. The van der Waals surface area contributed by atoms with Gasteiger partial charge < -0.3 is 5.32 Å². The van der Waals surface area contributed by atoms with Crippen LogP contribution in [0.4, 0.5) is 16.2 Å². The lowest BCUT2D eigenvalue weighted by Gasteiger charge is -2.07. The molecule has 2 rings (SSSR count). The molecular weight excluding hydrogens is 235 g/mol. The Morgan fingerprint density at radius 1 is 1.28 bits per heavy atom. The molecule has 0 unspecified atom stereocenters. The molecule has 0 spiro atoms. The molecule has 0 aliphatic carbocycles. The van der Waals surface area contributed by atoms with Gasteiger partial charge in [-0.3, -0.25) is 10.4 Å². The van der Waals surface area contributed by atoms with Crippen molar-refractivity contribution in [2.24, 2.45) is 5.84 Å². The van der Waals surface area contributed by atoms with E-state index in [1.165, 1.54) is 0 Å². The third-order valence-corrected chi connectivity index (χ3v) is 2.31. The van der Waals surface area contributed by atoms with Gasteiger partial charge in [-0.1, -0.05) is 6.07 Å². The van der Waals surface area contributed by atoms with Gasteiger partial charge in [0.2, 0.25) is 5.95 Å². The maximum Gasteiger partial charge on any atom is 0.239 e. The Kier molecular flexibility index (Phi) is 3.63. The van der Waals surface area contributed by atoms with Gasteiger partial charge in [0, 0.05) is 18.4 Å². The highest BCUT2D eigenvalue weighted by atomic mass is 19.1. The number of halogens is 1. The summed E-state index contributed by atoms with van der Waals surface area (Å²) >= 11 is 0. The molecule has 2 aromatic rings. The molecule has 18 heavy (non-hydrogen) atoms. The van der Waals surface area contributed by atoms with E-state index in [-0.39, 0.29) is 11.8 Å². The smallest absolute Gasteiger partial charge is 0.239 e. The average Bonchev–Trinajstić information content (AvgIpc) is 2.40. The molecule has 0 amide bonds. The maximum absolute atomic E-state index is 13.4. The molecule has 7 heteroatoms. The third-order valence-electron chi connectivity index (χ3n) is 2.31. The zero-order valence-electron chi connectivity index (χ0n) is 9.81. The highest BCUT2D eigenvalue weighted by Gasteiger charge is 2.05. The lowest BCUT2D eigenvalue weighted by Crippen LogP contribution is -2.13. The number of hydrazine groups is 1. The van der Waals surface area contributed by atoms with Crippen LogP contribution in [0.15, 0.2) is 24.5 Å². The number of nitrogens with two attached hydrogens (primary N) is 1. The lowest BCUT2D eigenvalue weighted by molar-refractivity contribution is 0.617. The summed E-state index contributed by atoms with van der Waals surface area (Å²) in [5.41, 5.74) is 4.12. The van der Waals surface area contributed by atoms with Crippen LogP contribution in [0.5, 0.6) is 0 Å². The SMILES string of the molecule is Cc1ccc(CNc2nc(NN)ncc2F)cn1. The molecular formula is C11H13FN6. The first-order valence-corrected chi connectivity index (χ1v) is 5.33. The molecule has 0 radical (unpaired) electrons. The molecule has 4 N–H and O–H groups in total. The molecule has 0 bridgehead atoms. The molecule has 0 aliphatic rings. The quantitative estimate of drug-likeness (QED) is 0.557. The highest BCUT2D eigenvalue weighted by Crippen LogP contribution is 2.12. The van der Waals surface area contributed by atoms with E-state index in [2.05, 4.69) is 25.7 Å². The summed E-state index contributed by atoms with van der Waals surface area (Å²) in [6, 6.07) is 3.80. The predicted octanol–water partition coefficient (Wildman–Crippen LogP) is 1.22. The summed E-state index contributed by atoms with van der Waals surface area (Å²) in [5, 5.41) is 2.86. The van der Waals surface area contributed by atoms with Crippen LogP contribution in [0.25, 0.3) is 0 Å². The van der Waals surface area contributed by atoms with Crippen LogP contribution in [-0.4, -0.2) is 15.0 Å². The van der Waals surface area contributed by atoms with Crippen LogP contribution in [-0.2, 0) is 6.54 Å². The van der Waals surface area contributed by atoms with Crippen LogP contribution in [0.3, 0.4) is 0 Å². The Bertz CT molecular complexity index is 528. The molecule has 0 aliphatic heterocycles. The summed E-state index contributed by atoms with van der Waals surface area (Å²) in [4.78, 5) is 11.7. The first kappa shape index (κ1) is 12.2. The van der Waals surface area contributed by atoms with E-state index in [1.807, 2.05) is 19.1 Å². The van der Waals surface area contributed by atoms with Crippen molar-refractivity contribution in [3.05, 3.63) is 41.6 Å². The van der Waals surface area contributed by atoms with Crippen LogP contribution in [0, 0.1) is 12.7 Å². The fourth-order valence-corrected chi connectivity index (χ4v) is 1.35. The van der Waals surface area contributed by atoms with E-state index in [0.717, 1.165) is 17.5 Å². The van der Waals surface area contributed by atoms with Gasteiger partial charge in [-0.05, 0) is 18.6 Å². The predicted molar refractivity (Wildman–Crippen MR) is 66.1 cm³/mol. The van der Waals surface area contributed by atoms with Gasteiger partial charge in [0.15, 0.2) is 11.6 Å². The van der Waals surface area contributed by atoms with Crippen molar-refractivity contribution >= 4 is 11.8 Å². The Hall–Kier alpha value is -2.28. The van der Waals surface area contributed by atoms with Crippen LogP contribution < -0.4 is 16.6 Å². The zero-order chi connectivity index (χ0) is 13.0. The zero-order valence-corrected chi connectivity index (χ0v) is 9.81. The lowest BCUT2D eigenvalue weighted by atomic mass is 10.2. The first-order chi connectivity index (χ1) is 8.69.